The molecule has 0 unspecified atom stereocenters. The molecule has 2 heteroatoms. The summed E-state index contributed by atoms with van der Waals surface area (Å²) in [5.74, 6) is 0. The summed E-state index contributed by atoms with van der Waals surface area (Å²) in [6.07, 6.45) is 0. The monoisotopic (exact) mass is 483 g/mol. The molecule has 0 aliphatic heterocycles. The predicted molar refractivity (Wildman–Crippen MR) is 108 cm³/mol. The molecule has 0 aliphatic carbocycles. The van der Waals surface area contributed by atoms with Gasteiger partial charge in [-0.15, -0.1) is 36.4 Å². The first kappa shape index (κ1) is 25.7. The van der Waals surface area contributed by atoms with Crippen molar-refractivity contribution in [2.24, 2.45) is 0 Å². The Hall–Kier alpha value is -1.51. The Bertz CT molecular complexity index is 506. The van der Waals surface area contributed by atoms with Crippen molar-refractivity contribution in [2.75, 3.05) is 14.1 Å². The SMILES string of the molecule is CNC.[CH2-]c1ccccc1.[CH2-]c1ccccc1.[CH2-]c1ccccc1.[Ho+3]. The summed E-state index contributed by atoms with van der Waals surface area (Å²) in [7, 11) is 3.75. The largest absolute Gasteiger partial charge is 3.00 e. The second kappa shape index (κ2) is 18.8. The predicted octanol–water partition coefficient (Wildman–Crippen LogP) is 5.44. The maximum Gasteiger partial charge on any atom is 3.00 e. The van der Waals surface area contributed by atoms with E-state index in [-0.39, 0.29) is 37.7 Å². The maximum atomic E-state index is 3.72. The Morgan fingerprint density at radius 1 is 0.480 bits per heavy atom. The van der Waals surface area contributed by atoms with E-state index < -0.39 is 0 Å². The molecule has 25 heavy (non-hydrogen) atoms. The molecule has 3 rings (SSSR count). The summed E-state index contributed by atoms with van der Waals surface area (Å²) in [5.41, 5.74) is 3.22. The third-order valence-electron chi connectivity index (χ3n) is 2.53. The molecule has 1 N–H and O–H groups in total. The van der Waals surface area contributed by atoms with Gasteiger partial charge in [0, 0.05) is 0 Å². The molecular formula is C23H28HoN. The third-order valence-corrected chi connectivity index (χ3v) is 2.53. The third kappa shape index (κ3) is 18.7. The van der Waals surface area contributed by atoms with Gasteiger partial charge in [0.25, 0.3) is 0 Å². The van der Waals surface area contributed by atoms with Crippen molar-refractivity contribution in [1.82, 2.24) is 5.32 Å². The van der Waals surface area contributed by atoms with Gasteiger partial charge in [0.2, 0.25) is 0 Å². The van der Waals surface area contributed by atoms with Crippen LogP contribution in [0.2, 0.25) is 0 Å². The van der Waals surface area contributed by atoms with Crippen LogP contribution in [0, 0.1) is 58.5 Å². The minimum atomic E-state index is 0. The van der Waals surface area contributed by atoms with Crippen molar-refractivity contribution in [1.29, 1.82) is 0 Å². The van der Waals surface area contributed by atoms with Crippen molar-refractivity contribution in [2.45, 2.75) is 0 Å². The van der Waals surface area contributed by atoms with Crippen molar-refractivity contribution >= 4 is 0 Å². The van der Waals surface area contributed by atoms with Gasteiger partial charge in [0.1, 0.15) is 0 Å². The summed E-state index contributed by atoms with van der Waals surface area (Å²) in [6, 6.07) is 29.6. The van der Waals surface area contributed by atoms with Crippen LogP contribution in [-0.2, 0) is 0 Å². The minimum Gasteiger partial charge on any atom is -0.323 e. The Morgan fingerprint density at radius 2 is 0.640 bits per heavy atom. The van der Waals surface area contributed by atoms with Crippen LogP contribution in [0.15, 0.2) is 91.0 Å². The van der Waals surface area contributed by atoms with Crippen LogP contribution in [0.3, 0.4) is 0 Å². The van der Waals surface area contributed by atoms with E-state index in [0.29, 0.717) is 0 Å². The van der Waals surface area contributed by atoms with Gasteiger partial charge in [-0.2, -0.15) is 73.9 Å². The molecule has 3 aromatic rings. The van der Waals surface area contributed by atoms with Gasteiger partial charge in [-0.3, -0.25) is 0 Å². The number of benzene rings is 3. The van der Waals surface area contributed by atoms with E-state index in [1.54, 1.807) is 0 Å². The fourth-order valence-corrected chi connectivity index (χ4v) is 1.43. The van der Waals surface area contributed by atoms with Crippen LogP contribution in [0.1, 0.15) is 16.7 Å². The number of rotatable bonds is 0. The van der Waals surface area contributed by atoms with Crippen molar-refractivity contribution < 1.29 is 37.7 Å². The van der Waals surface area contributed by atoms with Gasteiger partial charge in [-0.05, 0) is 14.1 Å². The van der Waals surface area contributed by atoms with E-state index in [9.17, 15) is 0 Å². The van der Waals surface area contributed by atoms with Crippen LogP contribution < -0.4 is 5.32 Å². The Labute approximate surface area is 184 Å². The van der Waals surface area contributed by atoms with Crippen LogP contribution >= 0.6 is 0 Å². The van der Waals surface area contributed by atoms with E-state index in [0.717, 1.165) is 16.7 Å². The molecule has 0 spiro atoms. The van der Waals surface area contributed by atoms with Crippen LogP contribution in [-0.4, -0.2) is 14.1 Å². The Morgan fingerprint density at radius 3 is 0.720 bits per heavy atom. The molecule has 0 saturated heterocycles. The Kier molecular flexibility index (Phi) is 19.4. The number of hydrogen-bond acceptors (Lipinski definition) is 1. The van der Waals surface area contributed by atoms with E-state index in [1.165, 1.54) is 0 Å². The molecule has 0 fully saturated rings. The molecule has 0 heterocycles. The fraction of sp³-hybridized carbons (Fsp3) is 0.0870. The quantitative estimate of drug-likeness (QED) is 0.332. The number of hydrogen-bond donors (Lipinski definition) is 1. The van der Waals surface area contributed by atoms with E-state index >= 15 is 0 Å². The van der Waals surface area contributed by atoms with E-state index in [2.05, 4.69) is 26.1 Å². The standard InChI is InChI=1S/3C7H7.C2H7N.Ho/c3*1-7-5-3-2-4-6-7;1-3-2;/h3*2-6H,1H2;3H,1-2H3;/q3*-1;;+3. The first-order chi connectivity index (χ1) is 11.6. The summed E-state index contributed by atoms with van der Waals surface area (Å²) < 4.78 is 0. The minimum absolute atomic E-state index is 0. The Balaban J connectivity index is 0. The van der Waals surface area contributed by atoms with Crippen molar-refractivity contribution in [3.8, 4) is 0 Å². The molecule has 0 bridgehead atoms. The van der Waals surface area contributed by atoms with E-state index in [4.69, 9.17) is 0 Å². The second-order valence-electron chi connectivity index (χ2n) is 4.96. The molecule has 0 aromatic heterocycles. The van der Waals surface area contributed by atoms with E-state index in [1.807, 2.05) is 105 Å². The molecule has 136 valence electrons. The average molecular weight is 483 g/mol. The average Bonchev–Trinajstić information content (AvgIpc) is 2.59. The van der Waals surface area contributed by atoms with Gasteiger partial charge in [0.05, 0.1) is 0 Å². The summed E-state index contributed by atoms with van der Waals surface area (Å²) >= 11 is 0. The second-order valence-corrected chi connectivity index (χ2v) is 4.96. The zero-order chi connectivity index (χ0) is 18.0. The molecule has 0 saturated carbocycles. The molecule has 3 aromatic carbocycles. The first-order valence-electron chi connectivity index (χ1n) is 7.79. The van der Waals surface area contributed by atoms with Crippen molar-refractivity contribution in [3.05, 3.63) is 128 Å². The molecular weight excluding hydrogens is 455 g/mol. The number of nitrogens with one attached hydrogen (secondary N) is 1. The fourth-order valence-electron chi connectivity index (χ4n) is 1.43. The summed E-state index contributed by atoms with van der Waals surface area (Å²) in [4.78, 5) is 0. The maximum absolute atomic E-state index is 3.72. The summed E-state index contributed by atoms with van der Waals surface area (Å²) in [6.45, 7) is 11.2. The smallest absolute Gasteiger partial charge is 0.323 e. The van der Waals surface area contributed by atoms with Gasteiger partial charge in [-0.1, -0.05) is 18.2 Å². The zero-order valence-electron chi connectivity index (χ0n) is 15.1. The molecule has 0 atom stereocenters. The van der Waals surface area contributed by atoms with Gasteiger partial charge >= 0.3 is 37.7 Å². The van der Waals surface area contributed by atoms with Crippen molar-refractivity contribution in [3.63, 3.8) is 0 Å². The molecule has 0 aliphatic rings. The van der Waals surface area contributed by atoms with Crippen LogP contribution in [0.25, 0.3) is 0 Å². The molecule has 1 nitrogen and oxygen atoms in total. The van der Waals surface area contributed by atoms with Crippen LogP contribution in [0.4, 0.5) is 0 Å². The topological polar surface area (TPSA) is 12.0 Å². The molecule has 0 amide bonds. The molecule has 0 radical (unpaired) electrons. The first-order valence-corrected chi connectivity index (χ1v) is 7.79. The van der Waals surface area contributed by atoms with Gasteiger partial charge in [-0.25, -0.2) is 0 Å². The van der Waals surface area contributed by atoms with Crippen LogP contribution in [0.5, 0.6) is 0 Å². The summed E-state index contributed by atoms with van der Waals surface area (Å²) in [5, 5.41) is 2.75. The zero-order valence-corrected chi connectivity index (χ0v) is 17.0. The van der Waals surface area contributed by atoms with Gasteiger partial charge < -0.3 is 5.32 Å². The normalized spacial score (nSPS) is 7.92. The van der Waals surface area contributed by atoms with Gasteiger partial charge in [0.15, 0.2) is 0 Å².